The van der Waals surface area contributed by atoms with Crippen LogP contribution in [0.4, 0.5) is 105 Å². The van der Waals surface area contributed by atoms with Crippen LogP contribution in [0, 0.1) is 5.92 Å². The second-order valence-corrected chi connectivity index (χ2v) is 12.5. The molecule has 1 aliphatic rings. The van der Waals surface area contributed by atoms with Crippen LogP contribution >= 0.6 is 0 Å². The van der Waals surface area contributed by atoms with E-state index in [0.29, 0.717) is 0 Å². The van der Waals surface area contributed by atoms with Gasteiger partial charge in [-0.1, -0.05) is 11.7 Å². The SMILES string of the molecule is FC(F)C(F)(C1CC[CH2][Al]([C](F)(C(F)F)C(F)(F)F)[C]1(C(F)(C(F)F)C(F)(F)F)C(F)(C(F)F)C(F)(F)F)C(F)(F)F. The van der Waals surface area contributed by atoms with Crippen LogP contribution in [0.25, 0.3) is 0 Å². The van der Waals surface area contributed by atoms with Crippen LogP contribution in [0.15, 0.2) is 0 Å². The van der Waals surface area contributed by atoms with Gasteiger partial charge in [0.2, 0.25) is 4.53 Å². The molecule has 0 nitrogen and oxygen atoms in total. The Balaban J connectivity index is 5.09. The summed E-state index contributed by atoms with van der Waals surface area (Å²) in [5.74, 6) is -6.10. The van der Waals surface area contributed by atoms with Crippen LogP contribution in [0.1, 0.15) is 12.8 Å². The highest BCUT2D eigenvalue weighted by atomic mass is 27.2. The molecule has 0 aromatic heterocycles. The monoisotopic (exact) mass is 698 g/mol. The van der Waals surface area contributed by atoms with Crippen molar-refractivity contribution in [1.82, 2.24) is 0 Å². The van der Waals surface area contributed by atoms with Gasteiger partial charge in [-0.25, -0.2) is 52.7 Å². The third kappa shape index (κ3) is 4.88. The summed E-state index contributed by atoms with van der Waals surface area (Å²) in [7, 11) is 0. The van der Waals surface area contributed by atoms with E-state index >= 15 is 17.6 Å². The van der Waals surface area contributed by atoms with E-state index in [1.165, 1.54) is 0 Å². The van der Waals surface area contributed by atoms with Crippen molar-refractivity contribution in [3.8, 4) is 0 Å². The Morgan fingerprint density at radius 1 is 0.476 bits per heavy atom. The van der Waals surface area contributed by atoms with Gasteiger partial charge in [-0.15, -0.1) is 0 Å². The predicted octanol–water partition coefficient (Wildman–Crippen LogP) is 9.31. The first-order chi connectivity index (χ1) is 18.2. The lowest BCUT2D eigenvalue weighted by atomic mass is 9.61. The number of halogens is 24. The van der Waals surface area contributed by atoms with Gasteiger partial charge < -0.3 is 0 Å². The summed E-state index contributed by atoms with van der Waals surface area (Å²) >= 11 is -8.39. The van der Waals surface area contributed by atoms with Crippen LogP contribution in [0.5, 0.6) is 0 Å². The van der Waals surface area contributed by atoms with Gasteiger partial charge in [0, 0.05) is 10.2 Å². The molecule has 0 spiro atoms. The van der Waals surface area contributed by atoms with Gasteiger partial charge in [-0.3, -0.25) is 0 Å². The summed E-state index contributed by atoms with van der Waals surface area (Å²) in [6, 6.07) is 0. The van der Waals surface area contributed by atoms with Crippen LogP contribution < -0.4 is 0 Å². The Bertz CT molecular complexity index is 859. The van der Waals surface area contributed by atoms with Crippen molar-refractivity contribution < 1.29 is 105 Å². The second kappa shape index (κ2) is 11.0. The third-order valence-electron chi connectivity index (χ3n) is 7.23. The first-order valence-corrected chi connectivity index (χ1v) is 12.4. The predicted molar refractivity (Wildman–Crippen MR) is 89.6 cm³/mol. The van der Waals surface area contributed by atoms with E-state index < -0.39 is 114 Å². The lowest BCUT2D eigenvalue weighted by molar-refractivity contribution is -0.376. The topological polar surface area (TPSA) is 0 Å². The van der Waals surface area contributed by atoms with E-state index in [9.17, 15) is 87.8 Å². The molecule has 5 unspecified atom stereocenters. The maximum atomic E-state index is 15.7. The van der Waals surface area contributed by atoms with E-state index in [-0.39, 0.29) is 0 Å². The van der Waals surface area contributed by atoms with Gasteiger partial charge >= 0.3 is 38.9 Å². The lowest BCUT2D eigenvalue weighted by Gasteiger charge is -2.63. The zero-order chi connectivity index (χ0) is 34.1. The van der Waals surface area contributed by atoms with Gasteiger partial charge in [0.1, 0.15) is 0 Å². The zero-order valence-electron chi connectivity index (χ0n) is 19.2. The molecule has 0 aliphatic carbocycles. The molecule has 0 saturated carbocycles. The molecule has 25 heteroatoms. The molecule has 1 rings (SSSR count). The van der Waals surface area contributed by atoms with Crippen molar-refractivity contribution in [2.45, 2.75) is 94.3 Å². The van der Waals surface area contributed by atoms with E-state index in [1.54, 1.807) is 0 Å². The summed E-state index contributed by atoms with van der Waals surface area (Å²) in [4.78, 5) is 0. The molecule has 1 aliphatic heterocycles. The smallest absolute Gasteiger partial charge is 0.245 e. The minimum absolute atomic E-state index is 2.29. The average Bonchev–Trinajstić information content (AvgIpc) is 2.77. The average molecular weight is 698 g/mol. The van der Waals surface area contributed by atoms with Gasteiger partial charge in [0.05, 0.1) is 0 Å². The fourth-order valence-electron chi connectivity index (χ4n) is 5.61. The Morgan fingerprint density at radius 2 is 0.833 bits per heavy atom. The quantitative estimate of drug-likeness (QED) is 0.175. The zero-order valence-corrected chi connectivity index (χ0v) is 20.3. The normalized spacial score (nSPS) is 27.7. The summed E-state index contributed by atoms with van der Waals surface area (Å²) in [6.45, 7) is 0. The first-order valence-electron chi connectivity index (χ1n) is 10.4. The molecule has 0 amide bonds. The van der Waals surface area contributed by atoms with Crippen molar-refractivity contribution in [3.63, 3.8) is 0 Å². The lowest BCUT2D eigenvalue weighted by Crippen LogP contribution is -2.83. The standard InChI is InChI=1S/C14H10F18.C3HF6.Al/c1-2-3-4(9(21,6(15)16)12(24,25)26)5(10(22,7(17)18)13(27,28)29)11(23,8(19)20)14(30,31)32;4-1(2(5)6)3(7,8)9;/h4,6-8H,1-3H2;2H;. The van der Waals surface area contributed by atoms with Crippen molar-refractivity contribution in [1.29, 1.82) is 0 Å². The van der Waals surface area contributed by atoms with Crippen molar-refractivity contribution in [2.24, 2.45) is 5.92 Å². The highest BCUT2D eigenvalue weighted by Crippen LogP contribution is 2.78. The Morgan fingerprint density at radius 3 is 1.05 bits per heavy atom. The number of hydrogen-bond donors (Lipinski definition) is 0. The van der Waals surface area contributed by atoms with Crippen molar-refractivity contribution in [2.75, 3.05) is 0 Å². The molecule has 42 heavy (non-hydrogen) atoms. The van der Waals surface area contributed by atoms with Crippen LogP contribution in [-0.4, -0.2) is 86.1 Å². The van der Waals surface area contributed by atoms with Crippen LogP contribution in [0.2, 0.25) is 9.56 Å². The molecule has 0 aromatic carbocycles. The Kier molecular flexibility index (Phi) is 10.2. The van der Waals surface area contributed by atoms with Gasteiger partial charge in [0.15, 0.2) is 0 Å². The van der Waals surface area contributed by atoms with Crippen molar-refractivity contribution in [3.05, 3.63) is 0 Å². The summed E-state index contributed by atoms with van der Waals surface area (Å²) in [6.07, 6.45) is -64.2. The Labute approximate surface area is 220 Å². The number of rotatable bonds is 8. The van der Waals surface area contributed by atoms with E-state index in [1.807, 2.05) is 0 Å². The summed E-state index contributed by atoms with van der Waals surface area (Å²) < 4.78 is 321. The molecule has 1 saturated heterocycles. The molecule has 0 N–H and O–H groups in total. The molecule has 1 fully saturated rings. The third-order valence-corrected chi connectivity index (χ3v) is 12.2. The maximum absolute atomic E-state index is 15.7. The Hall–Kier alpha value is -1.15. The highest BCUT2D eigenvalue weighted by Gasteiger charge is 2.97. The fraction of sp³-hybridized carbons (Fsp3) is 1.00. The van der Waals surface area contributed by atoms with Crippen LogP contribution in [0.3, 0.4) is 0 Å². The minimum Gasteiger partial charge on any atom is -0.245 e. The second-order valence-electron chi connectivity index (χ2n) is 9.06. The molecule has 0 radical (unpaired) electrons. The minimum atomic E-state index is -8.41. The molecule has 5 atom stereocenters. The number of hydrogen-bond acceptors (Lipinski definition) is 0. The summed E-state index contributed by atoms with van der Waals surface area (Å²) in [5, 5.41) is -3.02. The molecule has 250 valence electrons. The molecular weight excluding hydrogens is 687 g/mol. The highest BCUT2D eigenvalue weighted by molar-refractivity contribution is 6.67. The van der Waals surface area contributed by atoms with E-state index in [4.69, 9.17) is 0 Å². The van der Waals surface area contributed by atoms with Crippen molar-refractivity contribution >= 4 is 14.1 Å². The van der Waals surface area contributed by atoms with Crippen LogP contribution in [-0.2, 0) is 0 Å². The summed E-state index contributed by atoms with van der Waals surface area (Å²) in [5.41, 5.74) is -24.4. The van der Waals surface area contributed by atoms with E-state index in [2.05, 4.69) is 0 Å². The molecule has 0 bridgehead atoms. The number of alkyl halides is 24. The molecular formula is C17H11AlF24. The molecule has 1 heterocycles. The van der Waals surface area contributed by atoms with Gasteiger partial charge in [-0.05, 0) is 6.42 Å². The maximum Gasteiger partial charge on any atom is 0.428 e. The fourth-order valence-corrected chi connectivity index (χ4v) is 11.0. The van der Waals surface area contributed by atoms with Gasteiger partial charge in [-0.2, -0.15) is 52.7 Å². The first kappa shape index (κ1) is 38.9. The van der Waals surface area contributed by atoms with E-state index in [0.717, 1.165) is 0 Å². The van der Waals surface area contributed by atoms with Gasteiger partial charge in [0.25, 0.3) is 42.7 Å². The largest absolute Gasteiger partial charge is 0.428 e. The molecule has 0 aromatic rings.